The third-order valence-electron chi connectivity index (χ3n) is 6.72. The lowest BCUT2D eigenvalue weighted by atomic mass is 9.89. The van der Waals surface area contributed by atoms with Crippen LogP contribution in [-0.4, -0.2) is 22.9 Å². The molecule has 3 heterocycles. The number of para-hydroxylation sites is 3. The number of imide groups is 1. The molecular formula is C27H23N3O3. The number of carbonyl (C=O) groups excluding carboxylic acids is 2. The van der Waals surface area contributed by atoms with E-state index < -0.39 is 18.1 Å². The van der Waals surface area contributed by atoms with Gasteiger partial charge in [0.2, 0.25) is 5.91 Å². The molecule has 0 spiro atoms. The molecule has 2 amide bonds. The number of rotatable bonds is 3. The van der Waals surface area contributed by atoms with Crippen LogP contribution < -0.4 is 9.96 Å². The molecule has 33 heavy (non-hydrogen) atoms. The largest absolute Gasteiger partial charge is 0.358 e. The average molecular weight is 437 g/mol. The van der Waals surface area contributed by atoms with E-state index in [1.165, 1.54) is 4.90 Å². The van der Waals surface area contributed by atoms with Crippen LogP contribution in [0.1, 0.15) is 22.9 Å². The van der Waals surface area contributed by atoms with Crippen LogP contribution in [0, 0.1) is 19.8 Å². The molecule has 0 unspecified atom stereocenters. The minimum Gasteiger partial charge on any atom is -0.358 e. The number of amides is 2. The van der Waals surface area contributed by atoms with Crippen molar-refractivity contribution in [1.82, 2.24) is 4.98 Å². The Labute approximate surface area is 191 Å². The van der Waals surface area contributed by atoms with Crippen LogP contribution in [0.15, 0.2) is 78.9 Å². The Bertz CT molecular complexity index is 1390. The van der Waals surface area contributed by atoms with E-state index >= 15 is 0 Å². The van der Waals surface area contributed by atoms with Gasteiger partial charge in [-0.1, -0.05) is 54.6 Å². The smallest absolute Gasteiger partial charge is 0.266 e. The van der Waals surface area contributed by atoms with Gasteiger partial charge in [0, 0.05) is 22.2 Å². The molecule has 2 saturated heterocycles. The van der Waals surface area contributed by atoms with E-state index in [9.17, 15) is 9.59 Å². The molecular weight excluding hydrogens is 414 g/mol. The number of hydroxylamine groups is 1. The van der Waals surface area contributed by atoms with Crippen molar-refractivity contribution in [2.24, 2.45) is 5.92 Å². The highest BCUT2D eigenvalue weighted by Crippen LogP contribution is 2.50. The van der Waals surface area contributed by atoms with E-state index in [-0.39, 0.29) is 11.8 Å². The van der Waals surface area contributed by atoms with Crippen LogP contribution in [0.25, 0.3) is 10.9 Å². The molecule has 164 valence electrons. The molecule has 4 aromatic rings. The molecule has 6 heteroatoms. The first kappa shape index (κ1) is 19.8. The third kappa shape index (κ3) is 2.84. The first-order valence-corrected chi connectivity index (χ1v) is 11.1. The Kier molecular flexibility index (Phi) is 4.38. The minimum absolute atomic E-state index is 0.229. The molecule has 3 aromatic carbocycles. The predicted octanol–water partition coefficient (Wildman–Crippen LogP) is 4.84. The molecule has 0 radical (unpaired) electrons. The fraction of sp³-hybridized carbons (Fsp3) is 0.185. The Hall–Kier alpha value is -3.90. The fourth-order valence-corrected chi connectivity index (χ4v) is 5.24. The summed E-state index contributed by atoms with van der Waals surface area (Å²) in [5.74, 6) is -1.21. The van der Waals surface area contributed by atoms with Gasteiger partial charge in [-0.2, -0.15) is 0 Å². The van der Waals surface area contributed by atoms with Crippen LogP contribution in [0.5, 0.6) is 0 Å². The SMILES string of the molecule is Cc1ccccc1N1C(=O)[C@@H]2[C@@H](ON(c3ccccc3)[C@H]2c2c(C)[nH]c3ccccc23)C1=O. The molecule has 0 saturated carbocycles. The van der Waals surface area contributed by atoms with Crippen molar-refractivity contribution in [2.75, 3.05) is 9.96 Å². The molecule has 2 fully saturated rings. The Morgan fingerprint density at radius 1 is 0.818 bits per heavy atom. The number of aromatic nitrogens is 1. The zero-order chi connectivity index (χ0) is 22.7. The first-order valence-electron chi connectivity index (χ1n) is 11.1. The van der Waals surface area contributed by atoms with Gasteiger partial charge >= 0.3 is 0 Å². The van der Waals surface area contributed by atoms with Crippen molar-refractivity contribution in [3.63, 3.8) is 0 Å². The number of nitrogens with zero attached hydrogens (tertiary/aromatic N) is 2. The van der Waals surface area contributed by atoms with Gasteiger partial charge in [-0.05, 0) is 43.7 Å². The number of hydrogen-bond donors (Lipinski definition) is 1. The average Bonchev–Trinajstić information content (AvgIpc) is 3.44. The van der Waals surface area contributed by atoms with Crippen molar-refractivity contribution >= 4 is 34.1 Å². The highest BCUT2D eigenvalue weighted by Gasteiger charge is 2.61. The highest BCUT2D eigenvalue weighted by atomic mass is 16.7. The summed E-state index contributed by atoms with van der Waals surface area (Å²) in [5.41, 5.74) is 5.24. The van der Waals surface area contributed by atoms with Crippen molar-refractivity contribution < 1.29 is 14.4 Å². The van der Waals surface area contributed by atoms with Crippen LogP contribution in [-0.2, 0) is 14.4 Å². The summed E-state index contributed by atoms with van der Waals surface area (Å²) in [6.45, 7) is 3.91. The molecule has 2 aliphatic heterocycles. The van der Waals surface area contributed by atoms with E-state index in [1.54, 1.807) is 5.06 Å². The zero-order valence-electron chi connectivity index (χ0n) is 18.4. The van der Waals surface area contributed by atoms with E-state index in [1.807, 2.05) is 92.7 Å². The standard InChI is InChI=1S/C27H23N3O3/c1-16-10-6-9-15-21(16)29-26(31)23-24(22-17(2)28-20-14-8-7-13-19(20)22)30(33-25(23)27(29)32)18-11-4-3-5-12-18/h3-15,23-25,28H,1-2H3/t23-,24-,25+/m0/s1. The maximum atomic E-state index is 13.9. The molecule has 0 bridgehead atoms. The first-order chi connectivity index (χ1) is 16.1. The number of aryl methyl sites for hydroxylation is 2. The summed E-state index contributed by atoms with van der Waals surface area (Å²) in [5, 5.41) is 2.78. The number of nitrogens with one attached hydrogen (secondary N) is 1. The lowest BCUT2D eigenvalue weighted by Crippen LogP contribution is -2.37. The third-order valence-corrected chi connectivity index (χ3v) is 6.72. The van der Waals surface area contributed by atoms with Crippen molar-refractivity contribution in [1.29, 1.82) is 0 Å². The number of carbonyl (C=O) groups is 2. The monoisotopic (exact) mass is 437 g/mol. The molecule has 0 aliphatic carbocycles. The zero-order valence-corrected chi connectivity index (χ0v) is 18.4. The molecule has 2 aliphatic rings. The lowest BCUT2D eigenvalue weighted by Gasteiger charge is -2.29. The summed E-state index contributed by atoms with van der Waals surface area (Å²) in [4.78, 5) is 38.4. The second-order valence-electron chi connectivity index (χ2n) is 8.67. The maximum absolute atomic E-state index is 13.9. The van der Waals surface area contributed by atoms with Gasteiger partial charge in [-0.3, -0.25) is 14.4 Å². The lowest BCUT2D eigenvalue weighted by molar-refractivity contribution is -0.126. The van der Waals surface area contributed by atoms with Gasteiger partial charge in [0.15, 0.2) is 6.10 Å². The Balaban J connectivity index is 1.53. The van der Waals surface area contributed by atoms with Gasteiger partial charge < -0.3 is 4.98 Å². The van der Waals surface area contributed by atoms with Crippen LogP contribution in [0.2, 0.25) is 0 Å². The topological polar surface area (TPSA) is 65.6 Å². The number of benzene rings is 3. The minimum atomic E-state index is -0.879. The van der Waals surface area contributed by atoms with Gasteiger partial charge in [0.25, 0.3) is 5.91 Å². The predicted molar refractivity (Wildman–Crippen MR) is 127 cm³/mol. The van der Waals surface area contributed by atoms with Crippen molar-refractivity contribution in [3.8, 4) is 0 Å². The van der Waals surface area contributed by atoms with E-state index in [0.717, 1.165) is 33.4 Å². The summed E-state index contributed by atoms with van der Waals surface area (Å²) >= 11 is 0. The summed E-state index contributed by atoms with van der Waals surface area (Å²) in [7, 11) is 0. The van der Waals surface area contributed by atoms with Crippen LogP contribution >= 0.6 is 0 Å². The van der Waals surface area contributed by atoms with Crippen LogP contribution in [0.3, 0.4) is 0 Å². The Morgan fingerprint density at radius 3 is 2.30 bits per heavy atom. The van der Waals surface area contributed by atoms with Gasteiger partial charge in [0.1, 0.15) is 5.92 Å². The number of H-pyrrole nitrogens is 1. The second-order valence-corrected chi connectivity index (χ2v) is 8.67. The van der Waals surface area contributed by atoms with Crippen LogP contribution in [0.4, 0.5) is 11.4 Å². The number of hydrogen-bond acceptors (Lipinski definition) is 4. The van der Waals surface area contributed by atoms with E-state index in [4.69, 9.17) is 4.84 Å². The molecule has 6 nitrogen and oxygen atoms in total. The number of anilines is 2. The van der Waals surface area contributed by atoms with Crippen molar-refractivity contribution in [3.05, 3.63) is 95.7 Å². The van der Waals surface area contributed by atoms with Gasteiger partial charge in [-0.25, -0.2) is 9.96 Å². The fourth-order valence-electron chi connectivity index (χ4n) is 5.24. The van der Waals surface area contributed by atoms with E-state index in [0.29, 0.717) is 5.69 Å². The second kappa shape index (κ2) is 7.32. The highest BCUT2D eigenvalue weighted by molar-refractivity contribution is 6.24. The maximum Gasteiger partial charge on any atom is 0.266 e. The van der Waals surface area contributed by atoms with Crippen molar-refractivity contribution in [2.45, 2.75) is 26.0 Å². The molecule has 1 N–H and O–H groups in total. The summed E-state index contributed by atoms with van der Waals surface area (Å²) in [6.07, 6.45) is -0.879. The van der Waals surface area contributed by atoms with Gasteiger partial charge in [0.05, 0.1) is 17.4 Å². The Morgan fingerprint density at radius 2 is 1.52 bits per heavy atom. The van der Waals surface area contributed by atoms with Gasteiger partial charge in [-0.15, -0.1) is 0 Å². The summed E-state index contributed by atoms with van der Waals surface area (Å²) in [6, 6.07) is 24.7. The molecule has 6 rings (SSSR count). The normalized spacial score (nSPS) is 22.4. The number of fused-ring (bicyclic) bond motifs is 2. The number of aromatic amines is 1. The van der Waals surface area contributed by atoms with E-state index in [2.05, 4.69) is 4.98 Å². The summed E-state index contributed by atoms with van der Waals surface area (Å²) < 4.78 is 0. The quantitative estimate of drug-likeness (QED) is 0.466. The molecule has 3 atom stereocenters. The molecule has 1 aromatic heterocycles.